The highest BCUT2D eigenvalue weighted by molar-refractivity contribution is 7.90. The van der Waals surface area contributed by atoms with Gasteiger partial charge in [0.25, 0.3) is 0 Å². The minimum absolute atomic E-state index is 0.0729. The van der Waals surface area contributed by atoms with Crippen LogP contribution in [0.25, 0.3) is 10.4 Å². The van der Waals surface area contributed by atoms with Gasteiger partial charge in [-0.25, -0.2) is 8.42 Å². The molecule has 1 aliphatic heterocycles. The molecule has 8 heteroatoms. The third-order valence-electron chi connectivity index (χ3n) is 1.47. The summed E-state index contributed by atoms with van der Waals surface area (Å²) >= 11 is 5.69. The van der Waals surface area contributed by atoms with Crippen molar-refractivity contribution in [2.45, 2.75) is 17.9 Å². The summed E-state index contributed by atoms with van der Waals surface area (Å²) < 4.78 is 29.3. The maximum Gasteiger partial charge on any atom is 0.237 e. The van der Waals surface area contributed by atoms with E-state index in [4.69, 9.17) is 21.9 Å². The van der Waals surface area contributed by atoms with Crippen molar-refractivity contribution in [3.63, 3.8) is 0 Å². The summed E-state index contributed by atoms with van der Waals surface area (Å²) in [6.07, 6.45) is 0.547. The Morgan fingerprint density at radius 1 is 1.77 bits per heavy atom. The van der Waals surface area contributed by atoms with Crippen LogP contribution in [0.15, 0.2) is 4.52 Å². The van der Waals surface area contributed by atoms with Crippen LogP contribution in [0.2, 0.25) is 0 Å². The van der Waals surface area contributed by atoms with Gasteiger partial charge in [-0.3, -0.25) is 0 Å². The Hall–Kier alpha value is -0.490. The molecule has 0 amide bonds. The van der Waals surface area contributed by atoms with E-state index in [1.165, 1.54) is 0 Å². The molecule has 2 unspecified atom stereocenters. The first kappa shape index (κ1) is 10.6. The second-order valence-corrected chi connectivity index (χ2v) is 4.99. The summed E-state index contributed by atoms with van der Waals surface area (Å²) in [6.45, 7) is 0.630. The second-order valence-electron chi connectivity index (χ2n) is 2.71. The van der Waals surface area contributed by atoms with Crippen LogP contribution in [0.3, 0.4) is 0 Å². The molecule has 0 bridgehead atoms. The summed E-state index contributed by atoms with van der Waals surface area (Å²) in [5.74, 6) is -0.335. The van der Waals surface area contributed by atoms with Gasteiger partial charge in [-0.2, -0.15) is 0 Å². The zero-order valence-corrected chi connectivity index (χ0v) is 8.20. The van der Waals surface area contributed by atoms with E-state index in [9.17, 15) is 8.42 Å². The molecular formula is C5H8ClN3O3S. The van der Waals surface area contributed by atoms with Gasteiger partial charge in [-0.05, 0) is 12.0 Å². The zero-order chi connectivity index (χ0) is 9.90. The van der Waals surface area contributed by atoms with E-state index in [0.717, 1.165) is 0 Å². The maximum atomic E-state index is 10.9. The molecule has 0 saturated carbocycles. The Morgan fingerprint density at radius 3 is 2.85 bits per heavy atom. The summed E-state index contributed by atoms with van der Waals surface area (Å²) in [4.78, 5) is 2.20. The topological polar surface area (TPSA) is 95.4 Å². The van der Waals surface area contributed by atoms with E-state index in [1.54, 1.807) is 0 Å². The van der Waals surface area contributed by atoms with Crippen LogP contribution in [-0.4, -0.2) is 32.3 Å². The highest BCUT2D eigenvalue weighted by Crippen LogP contribution is 2.20. The van der Waals surface area contributed by atoms with Crippen molar-refractivity contribution in [3.05, 3.63) is 10.4 Å². The molecular weight excluding hydrogens is 218 g/mol. The third-order valence-corrected chi connectivity index (χ3v) is 3.13. The Kier molecular flexibility index (Phi) is 3.38. The van der Waals surface area contributed by atoms with Gasteiger partial charge in [0, 0.05) is 9.43 Å². The largest absolute Gasteiger partial charge is 0.373 e. The van der Waals surface area contributed by atoms with Crippen LogP contribution >= 0.6 is 11.6 Å². The van der Waals surface area contributed by atoms with Gasteiger partial charge < -0.3 is 4.74 Å². The lowest BCUT2D eigenvalue weighted by atomic mass is 10.3. The summed E-state index contributed by atoms with van der Waals surface area (Å²) in [5.41, 5.74) is 7.92. The molecule has 0 aromatic carbocycles. The van der Waals surface area contributed by atoms with Gasteiger partial charge in [-0.1, -0.05) is 0 Å². The maximum absolute atomic E-state index is 10.9. The molecule has 1 aliphatic rings. The molecule has 0 aliphatic carbocycles. The van der Waals surface area contributed by atoms with E-state index >= 15 is 0 Å². The fourth-order valence-electron chi connectivity index (χ4n) is 0.875. The minimum Gasteiger partial charge on any atom is -0.373 e. The van der Waals surface area contributed by atoms with E-state index < -0.39 is 15.4 Å². The Morgan fingerprint density at radius 2 is 2.38 bits per heavy atom. The lowest BCUT2D eigenvalue weighted by molar-refractivity contribution is 0.396. The number of epoxide rings is 1. The van der Waals surface area contributed by atoms with E-state index in [-0.39, 0.29) is 11.9 Å². The smallest absolute Gasteiger partial charge is 0.237 e. The van der Waals surface area contributed by atoms with E-state index in [2.05, 4.69) is 9.43 Å². The van der Waals surface area contributed by atoms with Crippen LogP contribution in [0.5, 0.6) is 0 Å². The first-order valence-corrected chi connectivity index (χ1v) is 5.63. The van der Waals surface area contributed by atoms with Crippen molar-refractivity contribution >= 4 is 21.6 Å². The number of rotatable bonds is 5. The average molecular weight is 226 g/mol. The van der Waals surface area contributed by atoms with Gasteiger partial charge in [0.15, 0.2) is 0 Å². The van der Waals surface area contributed by atoms with Crippen molar-refractivity contribution < 1.29 is 13.2 Å². The normalized spacial score (nSPS) is 23.3. The predicted octanol–water partition coefficient (Wildman–Crippen LogP) is 1.02. The van der Waals surface area contributed by atoms with Crippen LogP contribution in [0.1, 0.15) is 6.42 Å². The minimum atomic E-state index is -3.73. The monoisotopic (exact) mass is 225 g/mol. The number of ether oxygens (including phenoxy) is 1. The van der Waals surface area contributed by atoms with Crippen molar-refractivity contribution in [3.8, 4) is 0 Å². The number of hydrogen-bond acceptors (Lipinski definition) is 3. The lowest BCUT2D eigenvalue weighted by Gasteiger charge is -2.03. The van der Waals surface area contributed by atoms with Crippen LogP contribution in [0.4, 0.5) is 0 Å². The zero-order valence-electron chi connectivity index (χ0n) is 6.63. The number of nitrogens with zero attached hydrogens (tertiary/aromatic N) is 3. The molecule has 0 radical (unpaired) electrons. The van der Waals surface area contributed by atoms with Gasteiger partial charge in [-0.15, -0.1) is 11.6 Å². The number of sulfonamides is 1. The van der Waals surface area contributed by atoms with Crippen molar-refractivity contribution in [1.29, 1.82) is 0 Å². The Labute approximate surface area is 80.5 Å². The number of alkyl halides is 1. The Bertz CT molecular complexity index is 320. The van der Waals surface area contributed by atoms with Gasteiger partial charge in [0.05, 0.1) is 23.8 Å². The summed E-state index contributed by atoms with van der Waals surface area (Å²) in [5, 5.41) is -0.553. The first-order chi connectivity index (χ1) is 6.03. The van der Waals surface area contributed by atoms with Crippen LogP contribution in [-0.2, 0) is 14.8 Å². The molecule has 0 aromatic heterocycles. The van der Waals surface area contributed by atoms with E-state index in [1.807, 2.05) is 0 Å². The predicted molar refractivity (Wildman–Crippen MR) is 46.9 cm³/mol. The summed E-state index contributed by atoms with van der Waals surface area (Å²) in [7, 11) is -3.73. The molecule has 2 atom stereocenters. The number of azide groups is 1. The first-order valence-electron chi connectivity index (χ1n) is 3.58. The molecule has 6 nitrogen and oxygen atoms in total. The molecule has 0 spiro atoms. The van der Waals surface area contributed by atoms with E-state index in [0.29, 0.717) is 13.0 Å². The average Bonchev–Trinajstić information content (AvgIpc) is 2.68. The quantitative estimate of drug-likeness (QED) is 0.230. The molecule has 13 heavy (non-hydrogen) atoms. The van der Waals surface area contributed by atoms with Gasteiger partial charge >= 0.3 is 0 Å². The van der Waals surface area contributed by atoms with Gasteiger partial charge in [0.2, 0.25) is 10.0 Å². The Balaban J connectivity index is 2.41. The van der Waals surface area contributed by atoms with Crippen LogP contribution in [0, 0.1) is 0 Å². The fourth-order valence-corrected chi connectivity index (χ4v) is 2.32. The standard InChI is InChI=1S/C5H8ClN3O3S/c6-4(1-5-2-12-5)3-13(10,11)9-8-7/h4-5H,1-3H2. The lowest BCUT2D eigenvalue weighted by Crippen LogP contribution is -2.15. The number of hydrogen-bond donors (Lipinski definition) is 0. The SMILES string of the molecule is [N-]=[N+]=NS(=O)(=O)CC(Cl)CC1CO1. The number of halogens is 1. The van der Waals surface area contributed by atoms with Crippen molar-refractivity contribution in [2.24, 2.45) is 4.52 Å². The molecule has 74 valence electrons. The molecule has 0 N–H and O–H groups in total. The van der Waals surface area contributed by atoms with Crippen molar-refractivity contribution in [1.82, 2.24) is 0 Å². The molecule has 1 rings (SSSR count). The molecule has 1 heterocycles. The van der Waals surface area contributed by atoms with Gasteiger partial charge in [0.1, 0.15) is 0 Å². The molecule has 0 aromatic rings. The highest BCUT2D eigenvalue weighted by atomic mass is 35.5. The summed E-state index contributed by atoms with van der Waals surface area (Å²) in [6, 6.07) is 0. The highest BCUT2D eigenvalue weighted by Gasteiger charge is 2.27. The fraction of sp³-hybridized carbons (Fsp3) is 1.00. The molecule has 1 fully saturated rings. The van der Waals surface area contributed by atoms with Crippen molar-refractivity contribution in [2.75, 3.05) is 12.4 Å². The molecule has 1 saturated heterocycles. The third kappa shape index (κ3) is 4.33. The second kappa shape index (κ2) is 4.15. The van der Waals surface area contributed by atoms with Crippen LogP contribution < -0.4 is 0 Å².